The van der Waals surface area contributed by atoms with Crippen LogP contribution in [0.2, 0.25) is 0 Å². The summed E-state index contributed by atoms with van der Waals surface area (Å²) in [6.07, 6.45) is 4.27. The number of allylic oxidation sites excluding steroid dienone is 1. The maximum Gasteiger partial charge on any atom is 0.333 e. The predicted molar refractivity (Wildman–Crippen MR) is 86.4 cm³/mol. The number of halogens is 1. The molecular weight excluding hydrogens is 272 g/mol. The second-order valence-electron chi connectivity index (χ2n) is 5.10. The molecule has 20 heavy (non-hydrogen) atoms. The van der Waals surface area contributed by atoms with Crippen molar-refractivity contribution in [1.82, 2.24) is 9.13 Å². The zero-order chi connectivity index (χ0) is 14.5. The van der Waals surface area contributed by atoms with Gasteiger partial charge in [-0.15, -0.1) is 11.6 Å². The monoisotopic (exact) mass is 292 g/mol. The molecule has 4 heteroatoms. The Morgan fingerprint density at radius 2 is 1.80 bits per heavy atom. The lowest BCUT2D eigenvalue weighted by Gasteiger charge is -2.03. The second-order valence-corrected chi connectivity index (χ2v) is 5.47. The lowest BCUT2D eigenvalue weighted by atomic mass is 10.2. The van der Waals surface area contributed by atoms with Crippen molar-refractivity contribution in [3.05, 3.63) is 41.3 Å². The van der Waals surface area contributed by atoms with Gasteiger partial charge in [-0.2, -0.15) is 0 Å². The number of fused-ring (bicyclic) bond motifs is 1. The van der Waals surface area contributed by atoms with Crippen molar-refractivity contribution in [2.45, 2.75) is 39.2 Å². The van der Waals surface area contributed by atoms with E-state index in [1.54, 1.807) is 4.57 Å². The van der Waals surface area contributed by atoms with Crippen molar-refractivity contribution in [3.63, 3.8) is 0 Å². The average Bonchev–Trinajstić information content (AvgIpc) is 2.71. The quantitative estimate of drug-likeness (QED) is 0.558. The lowest BCUT2D eigenvalue weighted by molar-refractivity contribution is 0.579. The Morgan fingerprint density at radius 3 is 2.45 bits per heavy atom. The third-order valence-corrected chi connectivity index (χ3v) is 3.75. The Morgan fingerprint density at radius 1 is 1.15 bits per heavy atom. The number of imidazole rings is 1. The number of alkyl halides is 1. The summed E-state index contributed by atoms with van der Waals surface area (Å²) in [6.45, 7) is 6.52. The Bertz CT molecular complexity index is 654. The Labute approximate surface area is 124 Å². The molecular formula is C16H21ClN2O. The SMILES string of the molecule is C=C(C)n1c(=O)n(CCCCCCCl)c2ccccc21. The van der Waals surface area contributed by atoms with Crippen LogP contribution in [0.25, 0.3) is 16.7 Å². The fourth-order valence-electron chi connectivity index (χ4n) is 2.51. The van der Waals surface area contributed by atoms with Gasteiger partial charge in [0.2, 0.25) is 0 Å². The third kappa shape index (κ3) is 2.98. The predicted octanol–water partition coefficient (Wildman–Crippen LogP) is 4.09. The van der Waals surface area contributed by atoms with Crippen LogP contribution >= 0.6 is 11.6 Å². The van der Waals surface area contributed by atoms with E-state index in [0.29, 0.717) is 0 Å². The average molecular weight is 293 g/mol. The maximum absolute atomic E-state index is 12.5. The molecule has 108 valence electrons. The minimum absolute atomic E-state index is 0.0102. The molecule has 0 aliphatic rings. The van der Waals surface area contributed by atoms with E-state index < -0.39 is 0 Å². The van der Waals surface area contributed by atoms with Crippen molar-refractivity contribution < 1.29 is 0 Å². The standard InChI is InChI=1S/C16H21ClN2O/c1-13(2)19-15-10-6-5-9-14(15)18(16(19)20)12-8-4-3-7-11-17/h5-6,9-10H,1,3-4,7-8,11-12H2,2H3. The molecule has 0 aliphatic heterocycles. The van der Waals surface area contributed by atoms with Crippen LogP contribution in [0.4, 0.5) is 0 Å². The molecule has 0 spiro atoms. The summed E-state index contributed by atoms with van der Waals surface area (Å²) in [4.78, 5) is 12.5. The van der Waals surface area contributed by atoms with Gasteiger partial charge in [-0.3, -0.25) is 9.13 Å². The van der Waals surface area contributed by atoms with Gasteiger partial charge >= 0.3 is 5.69 Å². The molecule has 1 aromatic carbocycles. The molecule has 0 fully saturated rings. The number of hydrogen-bond donors (Lipinski definition) is 0. The van der Waals surface area contributed by atoms with Crippen molar-refractivity contribution in [2.75, 3.05) is 5.88 Å². The second kappa shape index (κ2) is 6.80. The van der Waals surface area contributed by atoms with E-state index in [2.05, 4.69) is 6.58 Å². The zero-order valence-corrected chi connectivity index (χ0v) is 12.7. The van der Waals surface area contributed by atoms with Gasteiger partial charge in [0.25, 0.3) is 0 Å². The van der Waals surface area contributed by atoms with Crippen molar-refractivity contribution >= 4 is 28.3 Å². The smallest absolute Gasteiger partial charge is 0.292 e. The molecule has 0 saturated heterocycles. The number of benzene rings is 1. The summed E-state index contributed by atoms with van der Waals surface area (Å²) >= 11 is 5.67. The first-order valence-corrected chi connectivity index (χ1v) is 7.62. The molecule has 1 heterocycles. The highest BCUT2D eigenvalue weighted by Crippen LogP contribution is 2.16. The van der Waals surface area contributed by atoms with Crippen LogP contribution < -0.4 is 5.69 Å². The molecule has 1 aromatic heterocycles. The van der Waals surface area contributed by atoms with Gasteiger partial charge in [-0.05, 0) is 31.9 Å². The fourth-order valence-corrected chi connectivity index (χ4v) is 2.70. The van der Waals surface area contributed by atoms with Crippen molar-refractivity contribution in [3.8, 4) is 0 Å². The summed E-state index contributed by atoms with van der Waals surface area (Å²) in [5.41, 5.74) is 2.69. The number of unbranched alkanes of at least 4 members (excludes halogenated alkanes) is 3. The van der Waals surface area contributed by atoms with E-state index in [9.17, 15) is 4.79 Å². The van der Waals surface area contributed by atoms with Crippen LogP contribution in [0.15, 0.2) is 35.6 Å². The fraction of sp³-hybridized carbons (Fsp3) is 0.438. The van der Waals surface area contributed by atoms with Crippen LogP contribution in [-0.4, -0.2) is 15.0 Å². The van der Waals surface area contributed by atoms with Crippen LogP contribution in [0, 0.1) is 0 Å². The summed E-state index contributed by atoms with van der Waals surface area (Å²) in [6, 6.07) is 7.88. The number of hydrogen-bond acceptors (Lipinski definition) is 1. The number of nitrogens with zero attached hydrogens (tertiary/aromatic N) is 2. The molecule has 2 rings (SSSR count). The summed E-state index contributed by atoms with van der Waals surface area (Å²) in [7, 11) is 0. The lowest BCUT2D eigenvalue weighted by Crippen LogP contribution is -2.23. The van der Waals surface area contributed by atoms with E-state index in [4.69, 9.17) is 11.6 Å². The molecule has 0 bridgehead atoms. The number of aryl methyl sites for hydroxylation is 1. The summed E-state index contributed by atoms with van der Waals surface area (Å²) in [5.74, 6) is 0.717. The first-order chi connectivity index (χ1) is 9.66. The van der Waals surface area contributed by atoms with Gasteiger partial charge in [0.05, 0.1) is 11.0 Å². The minimum atomic E-state index is 0.0102. The molecule has 0 N–H and O–H groups in total. The van der Waals surface area contributed by atoms with Crippen LogP contribution in [-0.2, 0) is 6.54 Å². The summed E-state index contributed by atoms with van der Waals surface area (Å²) in [5, 5.41) is 0. The molecule has 0 amide bonds. The first-order valence-electron chi connectivity index (χ1n) is 7.09. The van der Waals surface area contributed by atoms with Gasteiger partial charge in [0.15, 0.2) is 0 Å². The van der Waals surface area contributed by atoms with E-state index in [1.165, 1.54) is 0 Å². The van der Waals surface area contributed by atoms with Gasteiger partial charge in [-0.25, -0.2) is 4.79 Å². The van der Waals surface area contributed by atoms with Gasteiger partial charge in [0.1, 0.15) is 0 Å². The van der Waals surface area contributed by atoms with Gasteiger partial charge in [-0.1, -0.05) is 31.6 Å². The molecule has 0 saturated carbocycles. The van der Waals surface area contributed by atoms with E-state index in [0.717, 1.165) is 54.8 Å². The zero-order valence-electron chi connectivity index (χ0n) is 11.9. The van der Waals surface area contributed by atoms with E-state index in [1.807, 2.05) is 35.8 Å². The number of para-hydroxylation sites is 2. The molecule has 2 aromatic rings. The number of rotatable bonds is 7. The Kier molecular flexibility index (Phi) is 5.07. The van der Waals surface area contributed by atoms with Crippen molar-refractivity contribution in [1.29, 1.82) is 0 Å². The van der Waals surface area contributed by atoms with Crippen LogP contribution in [0.1, 0.15) is 32.6 Å². The number of aromatic nitrogens is 2. The molecule has 3 nitrogen and oxygen atoms in total. The normalized spacial score (nSPS) is 11.1. The Balaban J connectivity index is 2.27. The molecule has 0 radical (unpaired) electrons. The van der Waals surface area contributed by atoms with Crippen LogP contribution in [0.5, 0.6) is 0 Å². The Hall–Kier alpha value is -1.48. The molecule has 0 atom stereocenters. The maximum atomic E-state index is 12.5. The third-order valence-electron chi connectivity index (χ3n) is 3.48. The summed E-state index contributed by atoms with van der Waals surface area (Å²) < 4.78 is 3.54. The van der Waals surface area contributed by atoms with Gasteiger partial charge < -0.3 is 0 Å². The van der Waals surface area contributed by atoms with Crippen molar-refractivity contribution in [2.24, 2.45) is 0 Å². The molecule has 0 aliphatic carbocycles. The van der Waals surface area contributed by atoms with Gasteiger partial charge in [0, 0.05) is 18.1 Å². The highest BCUT2D eigenvalue weighted by Gasteiger charge is 2.12. The van der Waals surface area contributed by atoms with E-state index >= 15 is 0 Å². The highest BCUT2D eigenvalue weighted by molar-refractivity contribution is 6.17. The van der Waals surface area contributed by atoms with E-state index in [-0.39, 0.29) is 5.69 Å². The molecule has 0 unspecified atom stereocenters. The van der Waals surface area contributed by atoms with Crippen LogP contribution in [0.3, 0.4) is 0 Å². The topological polar surface area (TPSA) is 26.9 Å². The minimum Gasteiger partial charge on any atom is -0.292 e. The first kappa shape index (κ1) is 14.9. The largest absolute Gasteiger partial charge is 0.333 e. The highest BCUT2D eigenvalue weighted by atomic mass is 35.5.